The van der Waals surface area contributed by atoms with Crippen LogP contribution in [0.1, 0.15) is 65.2 Å². The van der Waals surface area contributed by atoms with E-state index in [0.29, 0.717) is 30.8 Å². The summed E-state index contributed by atoms with van der Waals surface area (Å²) in [5.74, 6) is -0.0318. The molecule has 12 aromatic rings. The van der Waals surface area contributed by atoms with Gasteiger partial charge in [-0.15, -0.1) is 0 Å². The van der Waals surface area contributed by atoms with E-state index >= 15 is 0 Å². The molecule has 6 N–H and O–H groups in total. The molecule has 0 atom stereocenters. The van der Waals surface area contributed by atoms with Gasteiger partial charge in [0.2, 0.25) is 0 Å². The molecule has 0 aliphatic carbocycles. The van der Waals surface area contributed by atoms with Gasteiger partial charge < -0.3 is 56.1 Å². The molecule has 5 aliphatic rings. The lowest BCUT2D eigenvalue weighted by molar-refractivity contribution is 0.0383. The topological polar surface area (TPSA) is 237 Å². The number of anilines is 7. The fourth-order valence-electron chi connectivity index (χ4n) is 13.7. The molecular weight excluding hydrogens is 1280 g/mol. The predicted molar refractivity (Wildman–Crippen MR) is 397 cm³/mol. The number of morpholine rings is 2. The normalized spacial score (nSPS) is 15.2. The number of benzene rings is 5. The van der Waals surface area contributed by atoms with Crippen molar-refractivity contribution in [3.63, 3.8) is 0 Å². The van der Waals surface area contributed by atoms with Crippen molar-refractivity contribution in [2.24, 2.45) is 0 Å². The van der Waals surface area contributed by atoms with Crippen LogP contribution in [0.15, 0.2) is 201 Å². The lowest BCUT2D eigenvalue weighted by Crippen LogP contribution is -2.48. The molecule has 3 fully saturated rings. The van der Waals surface area contributed by atoms with E-state index < -0.39 is 0 Å². The number of hydrogen-bond acceptors (Lipinski definition) is 16. The largest absolute Gasteiger partial charge is 0.379 e. The Balaban J connectivity index is 0.000000125. The van der Waals surface area contributed by atoms with Crippen LogP contribution in [0.3, 0.4) is 0 Å². The first-order valence-corrected chi connectivity index (χ1v) is 34.7. The fourth-order valence-corrected chi connectivity index (χ4v) is 13.7. The minimum Gasteiger partial charge on any atom is -0.379 e. The molecule has 102 heavy (non-hydrogen) atoms. The Morgan fingerprint density at radius 3 is 1.41 bits per heavy atom. The highest BCUT2D eigenvalue weighted by molar-refractivity contribution is 6.00. The maximum Gasteiger partial charge on any atom is 0.253 e. The van der Waals surface area contributed by atoms with Crippen molar-refractivity contribution in [3.8, 4) is 33.8 Å². The molecule has 7 aromatic heterocycles. The summed E-state index contributed by atoms with van der Waals surface area (Å²) in [6.45, 7) is 17.9. The molecule has 0 radical (unpaired) electrons. The summed E-state index contributed by atoms with van der Waals surface area (Å²) < 4.78 is 17.0. The quantitative estimate of drug-likeness (QED) is 0.0527. The molecule has 4 amide bonds. The number of aryl methyl sites for hydroxylation is 1. The van der Waals surface area contributed by atoms with Crippen molar-refractivity contribution in [2.45, 2.75) is 26.9 Å². The number of fused-ring (bicyclic) bond motifs is 5. The van der Waals surface area contributed by atoms with Crippen LogP contribution < -0.4 is 36.8 Å². The van der Waals surface area contributed by atoms with Gasteiger partial charge in [0, 0.05) is 178 Å². The summed E-state index contributed by atoms with van der Waals surface area (Å²) >= 11 is 0. The number of carbonyl (C=O) groups excluding carboxylic acids is 4. The first kappa shape index (κ1) is 66.1. The van der Waals surface area contributed by atoms with Crippen LogP contribution in [-0.2, 0) is 22.6 Å². The standard InChI is InChI=1S/C28H28N6O3.C28H28N6O2.C23H23N5O/c35-27(30-9-11-33-13-15-37-16-14-33)19-1-4-22(5-2-19)32-24-7-8-25(34-12-10-29-26(24)34)20-3-6-23-21(17-20)18-31-28(23)36;1-2-32-13-15-33(16-14-32)28(36)19-3-6-22(7-4-19)31-24-9-10-25(34-12-11-29-26(24)34)20-5-8-23-21(17-20)18-30-27(23)35;1-17-16-18(8-9-24-17)22-7-6-21(23-25-10-11-28(22)23)26-19-2-4-20(5-3-19)27-12-14-29-15-13-27/h1-8,10,12,17,32H,9,11,13-16,18H2,(H,30,35)(H,31,36);3-12,17,31H,2,13-16,18H2,1H3,(H,30,35);2-11,16,26H,12-15H2,1H3. The number of carbonyl (C=O) groups is 4. The Kier molecular flexibility index (Phi) is 19.4. The molecule has 5 aromatic carbocycles. The van der Waals surface area contributed by atoms with Gasteiger partial charge in [-0.25, -0.2) is 15.0 Å². The van der Waals surface area contributed by atoms with Crippen LogP contribution in [0, 0.1) is 6.92 Å². The van der Waals surface area contributed by atoms with Gasteiger partial charge in [-0.05, 0) is 181 Å². The molecule has 0 spiro atoms. The number of pyridine rings is 4. The summed E-state index contributed by atoms with van der Waals surface area (Å²) in [6.07, 6.45) is 13.1. The number of aromatic nitrogens is 7. The lowest BCUT2D eigenvalue weighted by atomic mass is 10.0. The predicted octanol–water partition coefficient (Wildman–Crippen LogP) is 11.1. The molecule has 23 heteroatoms. The maximum absolute atomic E-state index is 12.9. The lowest BCUT2D eigenvalue weighted by Gasteiger charge is -2.34. The van der Waals surface area contributed by atoms with E-state index in [0.717, 1.165) is 205 Å². The number of ether oxygens (including phenoxy) is 2. The van der Waals surface area contributed by atoms with Crippen LogP contribution in [0.4, 0.5) is 39.8 Å². The van der Waals surface area contributed by atoms with Crippen molar-refractivity contribution >= 4 is 80.4 Å². The molecular formula is C79H79N17O6. The molecule has 0 unspecified atom stereocenters. The van der Waals surface area contributed by atoms with Crippen molar-refractivity contribution in [3.05, 3.63) is 240 Å². The second kappa shape index (κ2) is 30.0. The third kappa shape index (κ3) is 14.5. The minimum atomic E-state index is -0.0777. The molecule has 516 valence electrons. The summed E-state index contributed by atoms with van der Waals surface area (Å²) in [6, 6.07) is 51.9. The SMILES string of the molecule is CCN1CCN(C(=O)c2ccc(Nc3ccc(-c4ccc5c(c4)CNC5=O)n4ccnc34)cc2)CC1.Cc1cc(-c2ccc(Nc3ccc(N4CCOCC4)cc3)c3nccn23)ccn1.O=C(NCCN1CCOCC1)c1ccc(Nc2ccc(-c3ccc4c(c3)CNC4=O)n3ccnc23)cc1. The Hall–Kier alpha value is -11.8. The van der Waals surface area contributed by atoms with Crippen molar-refractivity contribution in [1.29, 1.82) is 0 Å². The Morgan fingerprint density at radius 2 is 0.931 bits per heavy atom. The monoisotopic (exact) mass is 1360 g/mol. The molecule has 23 nitrogen and oxygen atoms in total. The first-order chi connectivity index (χ1) is 50.0. The van der Waals surface area contributed by atoms with Crippen LogP contribution in [0.5, 0.6) is 0 Å². The number of rotatable bonds is 16. The Morgan fingerprint density at radius 1 is 0.471 bits per heavy atom. The van der Waals surface area contributed by atoms with Crippen LogP contribution >= 0.6 is 0 Å². The summed E-state index contributed by atoms with van der Waals surface area (Å²) in [5, 5.41) is 19.1. The number of hydrogen-bond donors (Lipinski definition) is 6. The van der Waals surface area contributed by atoms with E-state index in [9.17, 15) is 19.2 Å². The van der Waals surface area contributed by atoms with Gasteiger partial charge in [0.05, 0.1) is 60.6 Å². The second-order valence-corrected chi connectivity index (χ2v) is 25.7. The van der Waals surface area contributed by atoms with Crippen molar-refractivity contribution in [1.82, 2.24) is 63.8 Å². The Bertz CT molecular complexity index is 5030. The molecule has 12 heterocycles. The molecule has 0 saturated carbocycles. The van der Waals surface area contributed by atoms with Gasteiger partial charge >= 0.3 is 0 Å². The van der Waals surface area contributed by atoms with E-state index in [2.05, 4.69) is 139 Å². The zero-order valence-corrected chi connectivity index (χ0v) is 56.9. The average Bonchev–Trinajstić information content (AvgIpc) is 1.53. The number of imidazole rings is 3. The highest BCUT2D eigenvalue weighted by Gasteiger charge is 2.25. The van der Waals surface area contributed by atoms with Crippen LogP contribution in [0.25, 0.3) is 50.7 Å². The fraction of sp³-hybridized carbons (Fsp3) is 0.241. The third-order valence-electron chi connectivity index (χ3n) is 19.3. The van der Waals surface area contributed by atoms with Gasteiger partial charge in [-0.1, -0.05) is 19.1 Å². The summed E-state index contributed by atoms with van der Waals surface area (Å²) in [4.78, 5) is 76.2. The van der Waals surface area contributed by atoms with Gasteiger partial charge in [0.25, 0.3) is 23.6 Å². The number of likely N-dealkylation sites (N-methyl/N-ethyl adjacent to an activating group) is 1. The zero-order chi connectivity index (χ0) is 69.5. The van der Waals surface area contributed by atoms with E-state index in [-0.39, 0.29) is 23.6 Å². The van der Waals surface area contributed by atoms with Crippen LogP contribution in [0.2, 0.25) is 0 Å². The van der Waals surface area contributed by atoms with Crippen molar-refractivity contribution in [2.75, 3.05) is 119 Å². The highest BCUT2D eigenvalue weighted by atomic mass is 16.5. The molecule has 17 rings (SSSR count). The number of nitrogens with one attached hydrogen (secondary N) is 6. The minimum absolute atomic E-state index is 0.0179. The smallest absolute Gasteiger partial charge is 0.253 e. The average molecular weight is 1360 g/mol. The molecule has 0 bridgehead atoms. The Labute approximate surface area is 590 Å². The number of piperazine rings is 1. The summed E-state index contributed by atoms with van der Waals surface area (Å²) in [7, 11) is 0. The van der Waals surface area contributed by atoms with Gasteiger partial charge in [-0.2, -0.15) is 0 Å². The van der Waals surface area contributed by atoms with Gasteiger partial charge in [0.15, 0.2) is 16.9 Å². The highest BCUT2D eigenvalue weighted by Crippen LogP contribution is 2.34. The summed E-state index contributed by atoms with van der Waals surface area (Å²) in [5.41, 5.74) is 21.3. The van der Waals surface area contributed by atoms with E-state index in [1.165, 1.54) is 5.69 Å². The molecule has 3 saturated heterocycles. The number of amides is 4. The zero-order valence-electron chi connectivity index (χ0n) is 56.9. The van der Waals surface area contributed by atoms with Gasteiger partial charge in [0.1, 0.15) is 0 Å². The van der Waals surface area contributed by atoms with Crippen molar-refractivity contribution < 1.29 is 28.7 Å². The van der Waals surface area contributed by atoms with E-state index in [4.69, 9.17) is 9.47 Å². The van der Waals surface area contributed by atoms with E-state index in [1.54, 1.807) is 12.4 Å². The maximum atomic E-state index is 12.9. The van der Waals surface area contributed by atoms with Gasteiger partial charge in [-0.3, -0.25) is 42.3 Å². The first-order valence-electron chi connectivity index (χ1n) is 34.7. The van der Waals surface area contributed by atoms with Crippen LogP contribution in [-0.4, -0.2) is 170 Å². The number of nitrogens with zero attached hydrogens (tertiary/aromatic N) is 11. The molecule has 5 aliphatic heterocycles. The second-order valence-electron chi connectivity index (χ2n) is 25.7. The third-order valence-corrected chi connectivity index (χ3v) is 19.3. The van der Waals surface area contributed by atoms with E-state index in [1.807, 2.05) is 149 Å².